The molecule has 1 aromatic heterocycles. The molecule has 0 amide bonds. The van der Waals surface area contributed by atoms with Crippen LogP contribution in [0.25, 0.3) is 0 Å². The third kappa shape index (κ3) is 6.38. The largest absolute Gasteiger partial charge is 0.350 e. The quantitative estimate of drug-likeness (QED) is 0.346. The number of guanidine groups is 1. The monoisotopic (exact) mass is 292 g/mol. The van der Waals surface area contributed by atoms with Gasteiger partial charge in [0.05, 0.1) is 12.2 Å². The number of nitrogens with one attached hydrogen (secondary N) is 1. The first kappa shape index (κ1) is 17.1. The van der Waals surface area contributed by atoms with Crippen molar-refractivity contribution in [2.45, 2.75) is 32.2 Å². The summed E-state index contributed by atoms with van der Waals surface area (Å²) in [6.45, 7) is 4.97. The number of allylic oxidation sites excluding steroid dienone is 1. The molecule has 0 radical (unpaired) electrons. The third-order valence-corrected chi connectivity index (χ3v) is 3.22. The second kappa shape index (κ2) is 9.91. The van der Waals surface area contributed by atoms with Crippen molar-refractivity contribution in [3.63, 3.8) is 0 Å². The number of pyridine rings is 1. The zero-order valence-corrected chi connectivity index (χ0v) is 13.0. The summed E-state index contributed by atoms with van der Waals surface area (Å²) in [5, 5.41) is 3.14. The van der Waals surface area contributed by atoms with Crippen molar-refractivity contribution in [1.29, 1.82) is 0 Å². The Balaban J connectivity index is 2.37. The SMILES string of the molecule is C=CCCCCCN(C)C(=NC)NCc1ncccc1F. The van der Waals surface area contributed by atoms with Gasteiger partial charge in [-0.1, -0.05) is 12.5 Å². The lowest BCUT2D eigenvalue weighted by atomic mass is 10.2. The van der Waals surface area contributed by atoms with Crippen LogP contribution in [0.1, 0.15) is 31.4 Å². The van der Waals surface area contributed by atoms with Gasteiger partial charge in [-0.25, -0.2) is 4.39 Å². The Labute approximate surface area is 126 Å². The molecule has 0 aliphatic rings. The van der Waals surface area contributed by atoms with Crippen molar-refractivity contribution in [3.05, 3.63) is 42.5 Å². The molecule has 0 saturated carbocycles. The van der Waals surface area contributed by atoms with Gasteiger partial charge in [-0.2, -0.15) is 0 Å². The fourth-order valence-electron chi connectivity index (χ4n) is 2.02. The molecule has 0 saturated heterocycles. The Morgan fingerprint density at radius 2 is 2.29 bits per heavy atom. The molecule has 116 valence electrons. The Morgan fingerprint density at radius 1 is 1.48 bits per heavy atom. The fraction of sp³-hybridized carbons (Fsp3) is 0.500. The highest BCUT2D eigenvalue weighted by atomic mass is 19.1. The molecule has 21 heavy (non-hydrogen) atoms. The van der Waals surface area contributed by atoms with Crippen LogP contribution in [-0.2, 0) is 6.54 Å². The van der Waals surface area contributed by atoms with E-state index < -0.39 is 0 Å². The van der Waals surface area contributed by atoms with Crippen molar-refractivity contribution >= 4 is 5.96 Å². The molecule has 0 aromatic carbocycles. The topological polar surface area (TPSA) is 40.5 Å². The molecule has 0 aliphatic heterocycles. The Morgan fingerprint density at radius 3 is 2.95 bits per heavy atom. The van der Waals surface area contributed by atoms with E-state index in [2.05, 4.69) is 26.8 Å². The van der Waals surface area contributed by atoms with Crippen LogP contribution in [0.3, 0.4) is 0 Å². The van der Waals surface area contributed by atoms with E-state index >= 15 is 0 Å². The van der Waals surface area contributed by atoms with Crippen molar-refractivity contribution in [1.82, 2.24) is 15.2 Å². The minimum Gasteiger partial charge on any atom is -0.350 e. The highest BCUT2D eigenvalue weighted by Crippen LogP contribution is 2.03. The van der Waals surface area contributed by atoms with Crippen LogP contribution in [0.4, 0.5) is 4.39 Å². The summed E-state index contributed by atoms with van der Waals surface area (Å²) >= 11 is 0. The number of hydrogen-bond donors (Lipinski definition) is 1. The van der Waals surface area contributed by atoms with E-state index in [1.807, 2.05) is 13.1 Å². The summed E-state index contributed by atoms with van der Waals surface area (Å²) in [6.07, 6.45) is 8.04. The van der Waals surface area contributed by atoms with Gasteiger partial charge in [0.15, 0.2) is 5.96 Å². The highest BCUT2D eigenvalue weighted by molar-refractivity contribution is 5.79. The molecular weight excluding hydrogens is 267 g/mol. The van der Waals surface area contributed by atoms with E-state index in [-0.39, 0.29) is 5.82 Å². The number of unbranched alkanes of at least 4 members (excludes halogenated alkanes) is 3. The molecule has 0 unspecified atom stereocenters. The molecule has 0 bridgehead atoms. The van der Waals surface area contributed by atoms with Crippen LogP contribution in [-0.4, -0.2) is 36.5 Å². The Bertz CT molecular complexity index is 459. The van der Waals surface area contributed by atoms with E-state index in [0.29, 0.717) is 12.2 Å². The summed E-state index contributed by atoms with van der Waals surface area (Å²) < 4.78 is 13.5. The molecule has 4 nitrogen and oxygen atoms in total. The molecule has 1 aromatic rings. The summed E-state index contributed by atoms with van der Waals surface area (Å²) in [5.41, 5.74) is 0.401. The molecule has 0 spiro atoms. The zero-order chi connectivity index (χ0) is 15.5. The van der Waals surface area contributed by atoms with Crippen molar-refractivity contribution in [2.24, 2.45) is 4.99 Å². The van der Waals surface area contributed by atoms with Crippen molar-refractivity contribution in [3.8, 4) is 0 Å². The van der Waals surface area contributed by atoms with E-state index in [9.17, 15) is 4.39 Å². The number of aromatic nitrogens is 1. The minimum atomic E-state index is -0.299. The van der Waals surface area contributed by atoms with Gasteiger partial charge in [0.2, 0.25) is 0 Å². The number of aliphatic imine (C=N–C) groups is 1. The standard InChI is InChI=1S/C16H25FN4/c1-4-5-6-7-8-12-21(3)16(18-2)20-13-15-14(17)10-9-11-19-15/h4,9-11H,1,5-8,12-13H2,2-3H3,(H,18,20). The smallest absolute Gasteiger partial charge is 0.193 e. The Kier molecular flexibility index (Phi) is 8.09. The van der Waals surface area contributed by atoms with Crippen LogP contribution in [0.5, 0.6) is 0 Å². The van der Waals surface area contributed by atoms with Crippen molar-refractivity contribution < 1.29 is 4.39 Å². The van der Waals surface area contributed by atoms with E-state index in [1.165, 1.54) is 18.9 Å². The van der Waals surface area contributed by atoms with Crippen LogP contribution < -0.4 is 5.32 Å². The second-order valence-electron chi connectivity index (χ2n) is 4.89. The van der Waals surface area contributed by atoms with Gasteiger partial charge < -0.3 is 10.2 Å². The predicted molar refractivity (Wildman–Crippen MR) is 85.7 cm³/mol. The lowest BCUT2D eigenvalue weighted by Gasteiger charge is -2.22. The predicted octanol–water partition coefficient (Wildman–Crippen LogP) is 2.97. The minimum absolute atomic E-state index is 0.299. The maximum Gasteiger partial charge on any atom is 0.193 e. The molecule has 0 aliphatic carbocycles. The van der Waals surface area contributed by atoms with Crippen molar-refractivity contribution in [2.75, 3.05) is 20.6 Å². The van der Waals surface area contributed by atoms with Gasteiger partial charge in [0.1, 0.15) is 5.82 Å². The van der Waals surface area contributed by atoms with Crippen LogP contribution in [0, 0.1) is 5.82 Å². The lowest BCUT2D eigenvalue weighted by Crippen LogP contribution is -2.39. The molecule has 0 fully saturated rings. The summed E-state index contributed by atoms with van der Waals surface area (Å²) in [7, 11) is 3.71. The first-order valence-electron chi connectivity index (χ1n) is 7.31. The average molecular weight is 292 g/mol. The van der Waals surface area contributed by atoms with Gasteiger partial charge in [-0.3, -0.25) is 9.98 Å². The average Bonchev–Trinajstić information content (AvgIpc) is 2.49. The third-order valence-electron chi connectivity index (χ3n) is 3.22. The fourth-order valence-corrected chi connectivity index (χ4v) is 2.02. The molecular formula is C16H25FN4. The van der Waals surface area contributed by atoms with Gasteiger partial charge in [0.25, 0.3) is 0 Å². The van der Waals surface area contributed by atoms with Gasteiger partial charge in [-0.15, -0.1) is 6.58 Å². The molecule has 5 heteroatoms. The van der Waals surface area contributed by atoms with E-state index in [4.69, 9.17) is 0 Å². The molecule has 1 N–H and O–H groups in total. The maximum atomic E-state index is 13.5. The van der Waals surface area contributed by atoms with Gasteiger partial charge in [-0.05, 0) is 31.4 Å². The number of nitrogens with zero attached hydrogens (tertiary/aromatic N) is 3. The number of rotatable bonds is 8. The second-order valence-corrected chi connectivity index (χ2v) is 4.89. The normalized spacial score (nSPS) is 11.3. The van der Waals surface area contributed by atoms with E-state index in [1.54, 1.807) is 19.3 Å². The molecule has 0 atom stereocenters. The highest BCUT2D eigenvalue weighted by Gasteiger charge is 2.07. The summed E-state index contributed by atoms with van der Waals surface area (Å²) in [5.74, 6) is 0.455. The zero-order valence-electron chi connectivity index (χ0n) is 13.0. The molecule has 1 heterocycles. The molecule has 1 rings (SSSR count). The first-order chi connectivity index (χ1) is 10.2. The first-order valence-corrected chi connectivity index (χ1v) is 7.31. The summed E-state index contributed by atoms with van der Waals surface area (Å²) in [4.78, 5) is 10.3. The summed E-state index contributed by atoms with van der Waals surface area (Å²) in [6, 6.07) is 3.00. The van der Waals surface area contributed by atoms with Crippen LogP contribution >= 0.6 is 0 Å². The van der Waals surface area contributed by atoms with Gasteiger partial charge in [0, 0.05) is 26.8 Å². The van der Waals surface area contributed by atoms with Gasteiger partial charge >= 0.3 is 0 Å². The lowest BCUT2D eigenvalue weighted by molar-refractivity contribution is 0.453. The maximum absolute atomic E-state index is 13.5. The van der Waals surface area contributed by atoms with E-state index in [0.717, 1.165) is 25.3 Å². The van der Waals surface area contributed by atoms with Crippen LogP contribution in [0.2, 0.25) is 0 Å². The Hall–Kier alpha value is -1.91. The number of hydrogen-bond acceptors (Lipinski definition) is 2. The number of halogens is 1. The van der Waals surface area contributed by atoms with Crippen LogP contribution in [0.15, 0.2) is 36.0 Å².